The molecule has 0 aliphatic heterocycles. The van der Waals surface area contributed by atoms with Crippen LogP contribution in [-0.2, 0) is 6.54 Å². The highest BCUT2D eigenvalue weighted by molar-refractivity contribution is 5.68. The number of rotatable bonds is 5. The largest absolute Gasteiger partial charge is 0.496 e. The second kappa shape index (κ2) is 6.35. The quantitative estimate of drug-likeness (QED) is 0.750. The number of aromatic nitrogens is 4. The topological polar surface area (TPSA) is 90.9 Å². The van der Waals surface area contributed by atoms with Gasteiger partial charge >= 0.3 is 0 Å². The minimum Gasteiger partial charge on any atom is -0.496 e. The number of nitrogens with one attached hydrogen (secondary N) is 1. The molecule has 3 rings (SSSR count). The van der Waals surface area contributed by atoms with Gasteiger partial charge in [0, 0.05) is 18.9 Å². The second-order valence-electron chi connectivity index (χ2n) is 5.07. The van der Waals surface area contributed by atoms with Crippen molar-refractivity contribution in [2.24, 2.45) is 0 Å². The van der Waals surface area contributed by atoms with E-state index < -0.39 is 0 Å². The highest BCUT2D eigenvalue weighted by atomic mass is 16.5. The van der Waals surface area contributed by atoms with Gasteiger partial charge in [0.15, 0.2) is 11.6 Å². The number of nitrogens with zero attached hydrogens (tertiary/aromatic N) is 4. The van der Waals surface area contributed by atoms with Crippen LogP contribution >= 0.6 is 0 Å². The Morgan fingerprint density at radius 3 is 2.87 bits per heavy atom. The number of ether oxygens (including phenoxy) is 1. The van der Waals surface area contributed by atoms with Crippen LogP contribution in [0.1, 0.15) is 11.1 Å². The Labute approximate surface area is 134 Å². The zero-order valence-electron chi connectivity index (χ0n) is 13.0. The van der Waals surface area contributed by atoms with Gasteiger partial charge in [-0.15, -0.1) is 0 Å². The van der Waals surface area contributed by atoms with Gasteiger partial charge < -0.3 is 15.8 Å². The first-order valence-corrected chi connectivity index (χ1v) is 7.17. The molecule has 3 aromatic rings. The third-order valence-corrected chi connectivity index (χ3v) is 3.50. The standard InChI is InChI=1S/C16H18N6O/c1-11-8-12(4-5-13(11)23-2)9-18-15-14(17)16(20-10-19-15)22-7-3-6-21-22/h3-8,10H,9,17H2,1-2H3,(H,18,19,20). The Morgan fingerprint density at radius 2 is 2.17 bits per heavy atom. The van der Waals surface area contributed by atoms with Crippen molar-refractivity contribution in [3.63, 3.8) is 0 Å². The monoisotopic (exact) mass is 310 g/mol. The van der Waals surface area contributed by atoms with Crippen molar-refractivity contribution in [2.45, 2.75) is 13.5 Å². The number of hydrogen-bond acceptors (Lipinski definition) is 6. The molecule has 2 aromatic heterocycles. The molecule has 0 spiro atoms. The molecule has 118 valence electrons. The zero-order valence-corrected chi connectivity index (χ0v) is 13.0. The normalized spacial score (nSPS) is 10.5. The lowest BCUT2D eigenvalue weighted by Gasteiger charge is -2.12. The van der Waals surface area contributed by atoms with Crippen LogP contribution in [0.2, 0.25) is 0 Å². The van der Waals surface area contributed by atoms with Gasteiger partial charge in [-0.25, -0.2) is 14.6 Å². The van der Waals surface area contributed by atoms with E-state index in [9.17, 15) is 0 Å². The molecule has 0 fully saturated rings. The van der Waals surface area contributed by atoms with Crippen molar-refractivity contribution >= 4 is 11.5 Å². The molecule has 0 aliphatic rings. The van der Waals surface area contributed by atoms with Crippen LogP contribution in [0.5, 0.6) is 5.75 Å². The van der Waals surface area contributed by atoms with Crippen molar-refractivity contribution in [3.8, 4) is 11.6 Å². The van der Waals surface area contributed by atoms with E-state index in [2.05, 4.69) is 26.4 Å². The molecule has 0 saturated carbocycles. The summed E-state index contributed by atoms with van der Waals surface area (Å²) in [4.78, 5) is 8.39. The molecule has 23 heavy (non-hydrogen) atoms. The van der Waals surface area contributed by atoms with Gasteiger partial charge in [-0.05, 0) is 30.2 Å². The SMILES string of the molecule is COc1ccc(CNc2ncnc(-n3cccn3)c2N)cc1C. The van der Waals surface area contributed by atoms with Gasteiger partial charge in [0.2, 0.25) is 0 Å². The number of anilines is 2. The Kier molecular flexibility index (Phi) is 4.09. The molecule has 7 heteroatoms. The van der Waals surface area contributed by atoms with Crippen LogP contribution in [-0.4, -0.2) is 26.9 Å². The molecule has 0 radical (unpaired) electrons. The number of hydrogen-bond donors (Lipinski definition) is 2. The first kappa shape index (κ1) is 14.8. The molecule has 0 amide bonds. The Hall–Kier alpha value is -3.09. The molecular formula is C16H18N6O. The van der Waals surface area contributed by atoms with Gasteiger partial charge in [0.1, 0.15) is 17.8 Å². The van der Waals surface area contributed by atoms with Crippen LogP contribution in [0.3, 0.4) is 0 Å². The zero-order chi connectivity index (χ0) is 16.2. The van der Waals surface area contributed by atoms with Crippen molar-refractivity contribution in [3.05, 3.63) is 54.1 Å². The Balaban J connectivity index is 1.79. The molecule has 1 aromatic carbocycles. The summed E-state index contributed by atoms with van der Waals surface area (Å²) in [5.41, 5.74) is 8.80. The van der Waals surface area contributed by atoms with E-state index in [-0.39, 0.29) is 0 Å². The first-order valence-electron chi connectivity index (χ1n) is 7.17. The Bertz CT molecular complexity index is 800. The van der Waals surface area contributed by atoms with Gasteiger partial charge in [0.05, 0.1) is 7.11 Å². The highest BCUT2D eigenvalue weighted by Gasteiger charge is 2.10. The highest BCUT2D eigenvalue weighted by Crippen LogP contribution is 2.23. The maximum absolute atomic E-state index is 6.15. The number of methoxy groups -OCH3 is 1. The maximum Gasteiger partial charge on any atom is 0.181 e. The third-order valence-electron chi connectivity index (χ3n) is 3.50. The van der Waals surface area contributed by atoms with E-state index >= 15 is 0 Å². The molecule has 0 unspecified atom stereocenters. The first-order chi connectivity index (χ1) is 11.2. The second-order valence-corrected chi connectivity index (χ2v) is 5.07. The molecule has 0 saturated heterocycles. The van der Waals surface area contributed by atoms with E-state index in [0.29, 0.717) is 23.9 Å². The van der Waals surface area contributed by atoms with E-state index in [1.807, 2.05) is 25.1 Å². The molecule has 0 atom stereocenters. The van der Waals surface area contributed by atoms with Crippen molar-refractivity contribution in [2.75, 3.05) is 18.2 Å². The summed E-state index contributed by atoms with van der Waals surface area (Å²) < 4.78 is 6.88. The van der Waals surface area contributed by atoms with Gasteiger partial charge in [-0.3, -0.25) is 0 Å². The average molecular weight is 310 g/mol. The number of nitrogens with two attached hydrogens (primary N) is 1. The Morgan fingerprint density at radius 1 is 1.30 bits per heavy atom. The van der Waals surface area contributed by atoms with Gasteiger partial charge in [-0.2, -0.15) is 5.10 Å². The summed E-state index contributed by atoms with van der Waals surface area (Å²) in [6.45, 7) is 2.61. The molecule has 3 N–H and O–H groups in total. The van der Waals surface area contributed by atoms with E-state index in [1.165, 1.54) is 6.33 Å². The molecule has 0 bridgehead atoms. The predicted octanol–water partition coefficient (Wildman–Crippen LogP) is 2.17. The lowest BCUT2D eigenvalue weighted by Crippen LogP contribution is -2.10. The maximum atomic E-state index is 6.15. The summed E-state index contributed by atoms with van der Waals surface area (Å²) >= 11 is 0. The smallest absolute Gasteiger partial charge is 0.181 e. The van der Waals surface area contributed by atoms with Crippen molar-refractivity contribution < 1.29 is 4.74 Å². The fourth-order valence-electron chi connectivity index (χ4n) is 2.34. The summed E-state index contributed by atoms with van der Waals surface area (Å²) in [5, 5.41) is 7.38. The van der Waals surface area contributed by atoms with Crippen LogP contribution in [0.15, 0.2) is 43.0 Å². The fourth-order valence-corrected chi connectivity index (χ4v) is 2.34. The van der Waals surface area contributed by atoms with Crippen LogP contribution < -0.4 is 15.8 Å². The number of aryl methyl sites for hydroxylation is 1. The van der Waals surface area contributed by atoms with E-state index in [0.717, 1.165) is 16.9 Å². The fraction of sp³-hybridized carbons (Fsp3) is 0.188. The third kappa shape index (κ3) is 3.08. The molecule has 0 aliphatic carbocycles. The van der Waals surface area contributed by atoms with Crippen molar-refractivity contribution in [1.82, 2.24) is 19.7 Å². The number of nitrogen functional groups attached to an aromatic ring is 1. The predicted molar refractivity (Wildman–Crippen MR) is 88.6 cm³/mol. The summed E-state index contributed by atoms with van der Waals surface area (Å²) in [7, 11) is 1.67. The van der Waals surface area contributed by atoms with Crippen LogP contribution in [0.4, 0.5) is 11.5 Å². The molecule has 2 heterocycles. The van der Waals surface area contributed by atoms with E-state index in [1.54, 1.807) is 24.2 Å². The van der Waals surface area contributed by atoms with Crippen LogP contribution in [0.25, 0.3) is 5.82 Å². The number of benzene rings is 1. The van der Waals surface area contributed by atoms with Crippen LogP contribution in [0, 0.1) is 6.92 Å². The molecular weight excluding hydrogens is 292 g/mol. The van der Waals surface area contributed by atoms with Crippen molar-refractivity contribution in [1.29, 1.82) is 0 Å². The van der Waals surface area contributed by atoms with E-state index in [4.69, 9.17) is 10.5 Å². The summed E-state index contributed by atoms with van der Waals surface area (Å²) in [6.07, 6.45) is 4.93. The minimum atomic E-state index is 0.460. The van der Waals surface area contributed by atoms with Gasteiger partial charge in [0.25, 0.3) is 0 Å². The summed E-state index contributed by atoms with van der Waals surface area (Å²) in [6, 6.07) is 7.84. The average Bonchev–Trinajstić information content (AvgIpc) is 3.08. The molecule has 7 nitrogen and oxygen atoms in total. The van der Waals surface area contributed by atoms with Gasteiger partial charge in [-0.1, -0.05) is 12.1 Å². The summed E-state index contributed by atoms with van der Waals surface area (Å²) in [5.74, 6) is 2.01. The minimum absolute atomic E-state index is 0.460. The lowest BCUT2D eigenvalue weighted by molar-refractivity contribution is 0.411. The lowest BCUT2D eigenvalue weighted by atomic mass is 10.1.